The number of hydrogen-bond acceptors (Lipinski definition) is 3. The molecular formula is C11H18N2O2S. The van der Waals surface area contributed by atoms with Crippen molar-refractivity contribution in [2.75, 3.05) is 19.7 Å². The zero-order valence-electron chi connectivity index (χ0n) is 9.32. The van der Waals surface area contributed by atoms with Gasteiger partial charge in [-0.3, -0.25) is 4.79 Å². The number of aliphatic hydroxyl groups excluding tert-OH is 1. The molecule has 0 spiro atoms. The van der Waals surface area contributed by atoms with Gasteiger partial charge in [-0.1, -0.05) is 12.2 Å². The molecule has 4 nitrogen and oxygen atoms in total. The second kappa shape index (κ2) is 4.30. The number of carbonyl (C=O) groups excluding carboxylic acids is 1. The summed E-state index contributed by atoms with van der Waals surface area (Å²) in [6.45, 7) is 1.74. The Labute approximate surface area is 101 Å². The third-order valence-corrected chi connectivity index (χ3v) is 4.13. The van der Waals surface area contributed by atoms with Gasteiger partial charge in [-0.05, 0) is 31.6 Å². The van der Waals surface area contributed by atoms with Crippen molar-refractivity contribution in [3.63, 3.8) is 0 Å². The summed E-state index contributed by atoms with van der Waals surface area (Å²) in [6.07, 6.45) is 3.38. The van der Waals surface area contributed by atoms with E-state index in [0.717, 1.165) is 38.8 Å². The van der Waals surface area contributed by atoms with E-state index in [0.29, 0.717) is 10.9 Å². The molecule has 0 aromatic carbocycles. The van der Waals surface area contributed by atoms with Crippen LogP contribution in [-0.2, 0) is 4.79 Å². The molecule has 1 saturated carbocycles. The smallest absolute Gasteiger partial charge is 0.235 e. The van der Waals surface area contributed by atoms with Gasteiger partial charge < -0.3 is 15.7 Å². The van der Waals surface area contributed by atoms with Gasteiger partial charge in [0.25, 0.3) is 0 Å². The van der Waals surface area contributed by atoms with Crippen molar-refractivity contribution in [2.45, 2.75) is 25.7 Å². The van der Waals surface area contributed by atoms with Crippen molar-refractivity contribution in [3.05, 3.63) is 0 Å². The summed E-state index contributed by atoms with van der Waals surface area (Å²) in [5.41, 5.74) is 5.13. The van der Waals surface area contributed by atoms with Crippen molar-refractivity contribution in [1.82, 2.24) is 4.90 Å². The Morgan fingerprint density at radius 3 is 2.75 bits per heavy atom. The van der Waals surface area contributed by atoms with E-state index < -0.39 is 5.41 Å². The maximum atomic E-state index is 12.2. The molecule has 5 heteroatoms. The highest BCUT2D eigenvalue weighted by molar-refractivity contribution is 7.80. The van der Waals surface area contributed by atoms with Crippen molar-refractivity contribution < 1.29 is 9.90 Å². The standard InChI is InChI=1S/C11H18N2O2S/c12-9(16)11(3-4-11)10(15)13-5-1-8(7-13)2-6-14/h8,14H,1-7H2,(H2,12,16). The molecule has 1 saturated heterocycles. The lowest BCUT2D eigenvalue weighted by Gasteiger charge is -2.22. The minimum absolute atomic E-state index is 0.112. The monoisotopic (exact) mass is 242 g/mol. The molecule has 3 N–H and O–H groups in total. The van der Waals surface area contributed by atoms with E-state index >= 15 is 0 Å². The van der Waals surface area contributed by atoms with E-state index in [1.165, 1.54) is 0 Å². The first-order chi connectivity index (χ1) is 7.60. The molecule has 0 aromatic heterocycles. The average Bonchev–Trinajstić information content (AvgIpc) is 2.94. The molecule has 1 atom stereocenters. The van der Waals surface area contributed by atoms with E-state index in [2.05, 4.69) is 0 Å². The van der Waals surface area contributed by atoms with E-state index in [9.17, 15) is 4.79 Å². The molecule has 1 amide bonds. The molecule has 2 rings (SSSR count). The van der Waals surface area contributed by atoms with Gasteiger partial charge in [0.2, 0.25) is 5.91 Å². The minimum Gasteiger partial charge on any atom is -0.396 e. The summed E-state index contributed by atoms with van der Waals surface area (Å²) < 4.78 is 0. The summed E-state index contributed by atoms with van der Waals surface area (Å²) in [7, 11) is 0. The predicted octanol–water partition coefficient (Wildman–Crippen LogP) is 0.284. The highest BCUT2D eigenvalue weighted by atomic mass is 32.1. The number of rotatable bonds is 4. The van der Waals surface area contributed by atoms with Crippen molar-refractivity contribution in [1.29, 1.82) is 0 Å². The Bertz CT molecular complexity index is 315. The number of carbonyl (C=O) groups is 1. The number of likely N-dealkylation sites (tertiary alicyclic amines) is 1. The van der Waals surface area contributed by atoms with Crippen LogP contribution in [0.3, 0.4) is 0 Å². The van der Waals surface area contributed by atoms with Gasteiger partial charge in [0, 0.05) is 19.7 Å². The van der Waals surface area contributed by atoms with E-state index in [1.54, 1.807) is 0 Å². The molecule has 0 aromatic rings. The summed E-state index contributed by atoms with van der Waals surface area (Å²) in [5, 5.41) is 8.87. The van der Waals surface area contributed by atoms with E-state index in [4.69, 9.17) is 23.1 Å². The lowest BCUT2D eigenvalue weighted by molar-refractivity contribution is -0.133. The number of amides is 1. The van der Waals surface area contributed by atoms with Gasteiger partial charge in [-0.2, -0.15) is 0 Å². The largest absolute Gasteiger partial charge is 0.396 e. The van der Waals surface area contributed by atoms with Gasteiger partial charge in [0.05, 0.1) is 10.4 Å². The SMILES string of the molecule is NC(=S)C1(C(=O)N2CCC(CCO)C2)CC1. The average molecular weight is 242 g/mol. The molecule has 16 heavy (non-hydrogen) atoms. The first-order valence-electron chi connectivity index (χ1n) is 5.80. The highest BCUT2D eigenvalue weighted by Gasteiger charge is 2.55. The zero-order valence-corrected chi connectivity index (χ0v) is 10.1. The number of nitrogens with zero attached hydrogens (tertiary/aromatic N) is 1. The second-order valence-electron chi connectivity index (χ2n) is 4.86. The molecule has 0 bridgehead atoms. The van der Waals surface area contributed by atoms with Crippen LogP contribution in [0.15, 0.2) is 0 Å². The summed E-state index contributed by atoms with van der Waals surface area (Å²) in [6, 6.07) is 0. The van der Waals surface area contributed by atoms with Crippen LogP contribution in [-0.4, -0.2) is 40.6 Å². The van der Waals surface area contributed by atoms with Crippen LogP contribution in [0.1, 0.15) is 25.7 Å². The summed E-state index contributed by atoms with van der Waals surface area (Å²) >= 11 is 4.98. The van der Waals surface area contributed by atoms with Crippen LogP contribution in [0.25, 0.3) is 0 Å². The van der Waals surface area contributed by atoms with Crippen molar-refractivity contribution in [3.8, 4) is 0 Å². The van der Waals surface area contributed by atoms with Crippen LogP contribution < -0.4 is 5.73 Å². The Morgan fingerprint density at radius 1 is 1.56 bits per heavy atom. The molecular weight excluding hydrogens is 224 g/mol. The van der Waals surface area contributed by atoms with Crippen LogP contribution in [0.4, 0.5) is 0 Å². The first-order valence-corrected chi connectivity index (χ1v) is 6.21. The zero-order chi connectivity index (χ0) is 11.8. The maximum absolute atomic E-state index is 12.2. The molecule has 0 radical (unpaired) electrons. The van der Waals surface area contributed by atoms with E-state index in [-0.39, 0.29) is 12.5 Å². The van der Waals surface area contributed by atoms with Crippen molar-refractivity contribution >= 4 is 23.1 Å². The number of hydrogen-bond donors (Lipinski definition) is 2. The van der Waals surface area contributed by atoms with Gasteiger partial charge >= 0.3 is 0 Å². The number of aliphatic hydroxyl groups is 1. The Kier molecular flexibility index (Phi) is 3.17. The lowest BCUT2D eigenvalue weighted by Crippen LogP contribution is -2.41. The Balaban J connectivity index is 1.95. The molecule has 90 valence electrons. The maximum Gasteiger partial charge on any atom is 0.235 e. The lowest BCUT2D eigenvalue weighted by atomic mass is 10.0. The first kappa shape index (κ1) is 11.8. The number of nitrogens with two attached hydrogens (primary N) is 1. The Hall–Kier alpha value is -0.680. The van der Waals surface area contributed by atoms with Gasteiger partial charge in [0.15, 0.2) is 0 Å². The van der Waals surface area contributed by atoms with Crippen LogP contribution in [0, 0.1) is 11.3 Å². The fraction of sp³-hybridized carbons (Fsp3) is 0.818. The third-order valence-electron chi connectivity index (χ3n) is 3.74. The highest BCUT2D eigenvalue weighted by Crippen LogP contribution is 2.48. The van der Waals surface area contributed by atoms with Gasteiger partial charge in [0.1, 0.15) is 0 Å². The molecule has 2 fully saturated rings. The normalized spacial score (nSPS) is 26.8. The molecule has 2 aliphatic rings. The molecule has 1 aliphatic heterocycles. The van der Waals surface area contributed by atoms with Gasteiger partial charge in [-0.25, -0.2) is 0 Å². The summed E-state index contributed by atoms with van der Waals surface area (Å²) in [4.78, 5) is 14.4. The van der Waals surface area contributed by atoms with Gasteiger partial charge in [-0.15, -0.1) is 0 Å². The number of thiocarbonyl (C=S) groups is 1. The topological polar surface area (TPSA) is 66.6 Å². The fourth-order valence-electron chi connectivity index (χ4n) is 2.43. The van der Waals surface area contributed by atoms with Crippen LogP contribution in [0.2, 0.25) is 0 Å². The van der Waals surface area contributed by atoms with Crippen LogP contribution >= 0.6 is 12.2 Å². The van der Waals surface area contributed by atoms with E-state index in [1.807, 2.05) is 4.90 Å². The molecule has 1 unspecified atom stereocenters. The minimum atomic E-state index is -0.510. The van der Waals surface area contributed by atoms with Crippen LogP contribution in [0.5, 0.6) is 0 Å². The summed E-state index contributed by atoms with van der Waals surface area (Å²) in [5.74, 6) is 0.552. The molecule has 1 heterocycles. The second-order valence-corrected chi connectivity index (χ2v) is 5.30. The predicted molar refractivity (Wildman–Crippen MR) is 64.8 cm³/mol. The Morgan fingerprint density at radius 2 is 2.25 bits per heavy atom. The molecule has 1 aliphatic carbocycles. The fourth-order valence-corrected chi connectivity index (χ4v) is 2.72. The third kappa shape index (κ3) is 1.94. The quantitative estimate of drug-likeness (QED) is 0.695. The van der Waals surface area contributed by atoms with Crippen molar-refractivity contribution in [2.24, 2.45) is 17.1 Å².